The van der Waals surface area contributed by atoms with Gasteiger partial charge in [-0.05, 0) is 24.3 Å². The Kier molecular flexibility index (Phi) is 3.50. The Balaban J connectivity index is 2.68. The molecule has 4 N–H and O–H groups in total. The predicted octanol–water partition coefficient (Wildman–Crippen LogP) is 0.244. The second-order valence-corrected chi connectivity index (χ2v) is 2.69. The van der Waals surface area contributed by atoms with Crippen LogP contribution >= 0.6 is 0 Å². The highest BCUT2D eigenvalue weighted by atomic mass is 16.5. The number of carboxylic acids is 1. The first-order chi connectivity index (χ1) is 7.13. The van der Waals surface area contributed by atoms with E-state index in [1.165, 1.54) is 12.1 Å². The van der Waals surface area contributed by atoms with Crippen molar-refractivity contribution in [2.24, 2.45) is 10.9 Å². The van der Waals surface area contributed by atoms with Crippen LogP contribution in [0.1, 0.15) is 5.56 Å². The minimum Gasteiger partial charge on any atom is -0.482 e. The van der Waals surface area contributed by atoms with Gasteiger partial charge in [0.25, 0.3) is 0 Å². The van der Waals surface area contributed by atoms with Gasteiger partial charge in [-0.3, -0.25) is 0 Å². The third-order valence-electron chi connectivity index (χ3n) is 1.62. The molecule has 0 saturated heterocycles. The van der Waals surface area contributed by atoms with Crippen molar-refractivity contribution < 1.29 is 19.8 Å². The summed E-state index contributed by atoms with van der Waals surface area (Å²) >= 11 is 0. The van der Waals surface area contributed by atoms with Crippen molar-refractivity contribution in [3.8, 4) is 5.75 Å². The normalized spacial score (nSPS) is 11.1. The number of hydrogen-bond donors (Lipinski definition) is 3. The molecule has 15 heavy (non-hydrogen) atoms. The Bertz CT molecular complexity index is 372. The molecule has 0 aliphatic carbocycles. The summed E-state index contributed by atoms with van der Waals surface area (Å²) in [4.78, 5) is 10.2. The largest absolute Gasteiger partial charge is 0.482 e. The van der Waals surface area contributed by atoms with Crippen molar-refractivity contribution >= 4 is 11.8 Å². The Morgan fingerprint density at radius 3 is 2.47 bits per heavy atom. The molecule has 0 aliphatic heterocycles. The van der Waals surface area contributed by atoms with Gasteiger partial charge < -0.3 is 20.8 Å². The van der Waals surface area contributed by atoms with Gasteiger partial charge in [0.1, 0.15) is 5.75 Å². The Morgan fingerprint density at radius 2 is 2.00 bits per heavy atom. The van der Waals surface area contributed by atoms with Crippen LogP contribution < -0.4 is 10.5 Å². The van der Waals surface area contributed by atoms with E-state index < -0.39 is 12.6 Å². The number of carbonyl (C=O) groups is 1. The zero-order chi connectivity index (χ0) is 11.3. The number of benzene rings is 1. The highest BCUT2D eigenvalue weighted by Gasteiger charge is 2.01. The summed E-state index contributed by atoms with van der Waals surface area (Å²) in [6.07, 6.45) is 0. The first-order valence-electron chi connectivity index (χ1n) is 4.06. The molecule has 1 aromatic rings. The van der Waals surface area contributed by atoms with Gasteiger partial charge in [0.05, 0.1) is 0 Å². The molecule has 0 fully saturated rings. The molecule has 0 unspecified atom stereocenters. The molecular weight excluding hydrogens is 200 g/mol. The number of rotatable bonds is 4. The lowest BCUT2D eigenvalue weighted by Crippen LogP contribution is -2.13. The van der Waals surface area contributed by atoms with Crippen molar-refractivity contribution in [2.75, 3.05) is 6.61 Å². The lowest BCUT2D eigenvalue weighted by molar-refractivity contribution is -0.139. The van der Waals surface area contributed by atoms with Crippen LogP contribution in [0.2, 0.25) is 0 Å². The monoisotopic (exact) mass is 210 g/mol. The number of oxime groups is 1. The fourth-order valence-electron chi connectivity index (χ4n) is 0.925. The van der Waals surface area contributed by atoms with Gasteiger partial charge in [0.15, 0.2) is 12.4 Å². The van der Waals surface area contributed by atoms with Crippen LogP contribution in [0.3, 0.4) is 0 Å². The topological polar surface area (TPSA) is 105 Å². The number of carboxylic acid groups (broad SMARTS) is 1. The van der Waals surface area contributed by atoms with Gasteiger partial charge in [-0.15, -0.1) is 0 Å². The molecule has 0 saturated carbocycles. The fraction of sp³-hybridized carbons (Fsp3) is 0.111. The van der Waals surface area contributed by atoms with Gasteiger partial charge in [-0.1, -0.05) is 5.16 Å². The average Bonchev–Trinajstić information content (AvgIpc) is 2.26. The van der Waals surface area contributed by atoms with Crippen LogP contribution in [0.15, 0.2) is 29.4 Å². The van der Waals surface area contributed by atoms with Crippen LogP contribution in [0.25, 0.3) is 0 Å². The molecule has 0 heterocycles. The molecule has 0 radical (unpaired) electrons. The van der Waals surface area contributed by atoms with Crippen molar-refractivity contribution in [3.63, 3.8) is 0 Å². The summed E-state index contributed by atoms with van der Waals surface area (Å²) in [7, 11) is 0. The molecule has 0 bridgehead atoms. The Labute approximate surface area is 85.6 Å². The minimum absolute atomic E-state index is 0.0141. The second-order valence-electron chi connectivity index (χ2n) is 2.69. The molecule has 0 spiro atoms. The first kappa shape index (κ1) is 10.8. The molecule has 6 nitrogen and oxygen atoms in total. The lowest BCUT2D eigenvalue weighted by Gasteiger charge is -2.03. The Morgan fingerprint density at radius 1 is 1.40 bits per heavy atom. The van der Waals surface area contributed by atoms with Crippen LogP contribution in [-0.4, -0.2) is 28.7 Å². The van der Waals surface area contributed by atoms with E-state index in [1.54, 1.807) is 12.1 Å². The summed E-state index contributed by atoms with van der Waals surface area (Å²) in [6.45, 7) is -0.400. The van der Waals surface area contributed by atoms with Gasteiger partial charge in [0, 0.05) is 5.56 Å². The highest BCUT2D eigenvalue weighted by Crippen LogP contribution is 2.11. The summed E-state index contributed by atoms with van der Waals surface area (Å²) < 4.78 is 4.89. The molecule has 0 atom stereocenters. The average molecular weight is 210 g/mol. The smallest absolute Gasteiger partial charge is 0.341 e. The van der Waals surface area contributed by atoms with E-state index in [2.05, 4.69) is 5.16 Å². The van der Waals surface area contributed by atoms with Crippen LogP contribution in [-0.2, 0) is 4.79 Å². The van der Waals surface area contributed by atoms with Crippen LogP contribution in [0.5, 0.6) is 5.75 Å². The summed E-state index contributed by atoms with van der Waals surface area (Å²) in [5, 5.41) is 19.6. The molecule has 0 aromatic heterocycles. The summed E-state index contributed by atoms with van der Waals surface area (Å²) in [6, 6.07) is 6.20. The maximum atomic E-state index is 10.2. The van der Waals surface area contributed by atoms with E-state index in [0.717, 1.165) is 0 Å². The van der Waals surface area contributed by atoms with Gasteiger partial charge in [-0.25, -0.2) is 4.79 Å². The first-order valence-corrected chi connectivity index (χ1v) is 4.06. The predicted molar refractivity (Wildman–Crippen MR) is 52.1 cm³/mol. The maximum absolute atomic E-state index is 10.2. The van der Waals surface area contributed by atoms with E-state index in [0.29, 0.717) is 11.3 Å². The summed E-state index contributed by atoms with van der Waals surface area (Å²) in [5.41, 5.74) is 5.86. The van der Waals surface area contributed by atoms with E-state index in [-0.39, 0.29) is 5.84 Å². The number of ether oxygens (including phenoxy) is 1. The molecule has 80 valence electrons. The van der Waals surface area contributed by atoms with Crippen molar-refractivity contribution in [3.05, 3.63) is 29.8 Å². The second kappa shape index (κ2) is 4.85. The molecule has 0 amide bonds. The number of nitrogens with two attached hydrogens (primary N) is 1. The molecule has 0 aliphatic rings. The molecule has 6 heteroatoms. The van der Waals surface area contributed by atoms with Gasteiger partial charge in [0.2, 0.25) is 0 Å². The zero-order valence-electron chi connectivity index (χ0n) is 7.75. The molecule has 1 aromatic carbocycles. The van der Waals surface area contributed by atoms with Crippen LogP contribution in [0.4, 0.5) is 0 Å². The maximum Gasteiger partial charge on any atom is 0.341 e. The van der Waals surface area contributed by atoms with E-state index in [4.69, 9.17) is 20.8 Å². The van der Waals surface area contributed by atoms with Gasteiger partial charge in [-0.2, -0.15) is 0 Å². The highest BCUT2D eigenvalue weighted by molar-refractivity contribution is 5.97. The van der Waals surface area contributed by atoms with E-state index >= 15 is 0 Å². The lowest BCUT2D eigenvalue weighted by atomic mass is 10.2. The van der Waals surface area contributed by atoms with E-state index in [9.17, 15) is 4.79 Å². The van der Waals surface area contributed by atoms with Gasteiger partial charge >= 0.3 is 5.97 Å². The quantitative estimate of drug-likeness (QED) is 0.286. The summed E-state index contributed by atoms with van der Waals surface area (Å²) in [5.74, 6) is -0.651. The van der Waals surface area contributed by atoms with Crippen molar-refractivity contribution in [1.82, 2.24) is 0 Å². The van der Waals surface area contributed by atoms with E-state index in [1.807, 2.05) is 0 Å². The van der Waals surface area contributed by atoms with Crippen molar-refractivity contribution in [1.29, 1.82) is 0 Å². The number of nitrogens with zero attached hydrogens (tertiary/aromatic N) is 1. The minimum atomic E-state index is -1.05. The standard InChI is InChI=1S/C9H10N2O4/c10-9(11-14)6-1-3-7(4-2-6)15-5-8(12)13/h1-4,14H,5H2,(H2,10,11)(H,12,13). The third kappa shape index (κ3) is 3.18. The fourth-order valence-corrected chi connectivity index (χ4v) is 0.925. The third-order valence-corrected chi connectivity index (χ3v) is 1.62. The van der Waals surface area contributed by atoms with Crippen molar-refractivity contribution in [2.45, 2.75) is 0 Å². The Hall–Kier alpha value is -2.24. The molecular formula is C9H10N2O4. The molecule has 1 rings (SSSR count). The number of aliphatic carboxylic acids is 1. The SMILES string of the molecule is N/C(=N\O)c1ccc(OCC(=O)O)cc1. The zero-order valence-corrected chi connectivity index (χ0v) is 7.75. The number of amidine groups is 1. The number of hydrogen-bond acceptors (Lipinski definition) is 4. The van der Waals surface area contributed by atoms with Crippen LogP contribution in [0, 0.1) is 0 Å².